The number of nitrogens with one attached hydrogen (secondary N) is 2. The van der Waals surface area contributed by atoms with E-state index in [1.54, 1.807) is 50.6 Å². The Bertz CT molecular complexity index is 959. The molecular formula is C20H20N6O2. The molecule has 3 rings (SSSR count). The zero-order chi connectivity index (χ0) is 20.1. The van der Waals surface area contributed by atoms with Gasteiger partial charge in [-0.15, -0.1) is 4.99 Å². The molecule has 2 atom stereocenters. The number of benzene rings is 1. The number of rotatable bonds is 3. The van der Waals surface area contributed by atoms with Gasteiger partial charge in [0.25, 0.3) is 0 Å². The van der Waals surface area contributed by atoms with Crippen molar-refractivity contribution in [3.05, 3.63) is 59.4 Å². The fourth-order valence-corrected chi connectivity index (χ4v) is 3.03. The van der Waals surface area contributed by atoms with Gasteiger partial charge in [0, 0.05) is 24.5 Å². The lowest BCUT2D eigenvalue weighted by atomic mass is 9.86. The third kappa shape index (κ3) is 4.03. The van der Waals surface area contributed by atoms with E-state index in [0.29, 0.717) is 23.4 Å². The van der Waals surface area contributed by atoms with Crippen LogP contribution in [0, 0.1) is 22.8 Å². The maximum Gasteiger partial charge on any atom is 0.209 e. The monoisotopic (exact) mass is 376 g/mol. The number of aromatic nitrogens is 1. The number of hydrogen-bond acceptors (Lipinski definition) is 6. The minimum atomic E-state index is -0.946. The lowest BCUT2D eigenvalue weighted by Gasteiger charge is -2.42. The lowest BCUT2D eigenvalue weighted by molar-refractivity contribution is -0.0612. The van der Waals surface area contributed by atoms with Gasteiger partial charge in [-0.3, -0.25) is 4.98 Å². The molecular weight excluding hydrogens is 356 g/mol. The number of aliphatic imine (C=N–C) groups is 1. The van der Waals surface area contributed by atoms with Crippen LogP contribution in [0.4, 0.5) is 0 Å². The predicted octanol–water partition coefficient (Wildman–Crippen LogP) is 1.74. The summed E-state index contributed by atoms with van der Waals surface area (Å²) in [6, 6.07) is 10.2. The normalized spacial score (nSPS) is 20.1. The molecule has 8 nitrogen and oxygen atoms in total. The van der Waals surface area contributed by atoms with E-state index in [-0.39, 0.29) is 5.96 Å². The Kier molecular flexibility index (Phi) is 5.44. The number of nitrogens with zero attached hydrogens (tertiary/aromatic N) is 4. The first-order valence-corrected chi connectivity index (χ1v) is 8.72. The molecule has 1 aromatic heterocycles. The van der Waals surface area contributed by atoms with Crippen molar-refractivity contribution < 1.29 is 9.84 Å². The number of hydrogen-bond donors (Lipinski definition) is 3. The summed E-state index contributed by atoms with van der Waals surface area (Å²) in [4.78, 5) is 7.85. The molecule has 0 spiro atoms. The maximum atomic E-state index is 10.9. The van der Waals surface area contributed by atoms with Gasteiger partial charge in [0.05, 0.1) is 17.7 Å². The Morgan fingerprint density at radius 3 is 2.86 bits per heavy atom. The van der Waals surface area contributed by atoms with Crippen LogP contribution < -0.4 is 15.4 Å². The molecule has 0 amide bonds. The van der Waals surface area contributed by atoms with E-state index >= 15 is 0 Å². The summed E-state index contributed by atoms with van der Waals surface area (Å²) < 4.78 is 5.90. The highest BCUT2D eigenvalue weighted by atomic mass is 16.5. The highest BCUT2D eigenvalue weighted by Gasteiger charge is 2.43. The Hall–Kier alpha value is -3.62. The molecule has 0 radical (unpaired) electrons. The van der Waals surface area contributed by atoms with Crippen LogP contribution in [0.15, 0.2) is 47.7 Å². The number of ether oxygens (including phenoxy) is 1. The molecule has 0 fully saturated rings. The summed E-state index contributed by atoms with van der Waals surface area (Å²) in [5, 5.41) is 35.3. The van der Waals surface area contributed by atoms with Gasteiger partial charge in [-0.1, -0.05) is 6.07 Å². The minimum absolute atomic E-state index is 0.210. The van der Waals surface area contributed by atoms with Crippen molar-refractivity contribution in [3.63, 3.8) is 0 Å². The van der Waals surface area contributed by atoms with E-state index in [1.807, 2.05) is 12.1 Å². The number of aliphatic hydroxyl groups excluding tert-OH is 1. The van der Waals surface area contributed by atoms with Gasteiger partial charge in [0.1, 0.15) is 17.5 Å². The summed E-state index contributed by atoms with van der Waals surface area (Å²) in [7, 11) is 0. The van der Waals surface area contributed by atoms with Gasteiger partial charge < -0.3 is 20.5 Å². The van der Waals surface area contributed by atoms with Gasteiger partial charge in [0.15, 0.2) is 0 Å². The molecule has 3 N–H and O–H groups in total. The maximum absolute atomic E-state index is 10.9. The first kappa shape index (κ1) is 19.2. The highest BCUT2D eigenvalue weighted by Crippen LogP contribution is 2.40. The smallest absolute Gasteiger partial charge is 0.209 e. The third-order valence-corrected chi connectivity index (χ3v) is 4.51. The summed E-state index contributed by atoms with van der Waals surface area (Å²) >= 11 is 0. The molecule has 28 heavy (non-hydrogen) atoms. The molecule has 0 bridgehead atoms. The molecule has 1 aliphatic rings. The summed E-state index contributed by atoms with van der Waals surface area (Å²) in [5.41, 5.74) is 1.11. The first-order valence-electron chi connectivity index (χ1n) is 8.72. The van der Waals surface area contributed by atoms with E-state index < -0.39 is 17.7 Å². The van der Waals surface area contributed by atoms with Gasteiger partial charge in [-0.2, -0.15) is 10.5 Å². The molecule has 142 valence electrons. The van der Waals surface area contributed by atoms with E-state index in [0.717, 1.165) is 5.56 Å². The van der Waals surface area contributed by atoms with Crippen LogP contribution in [0.1, 0.15) is 36.6 Å². The topological polar surface area (TPSA) is 126 Å². The number of nitriles is 2. The van der Waals surface area contributed by atoms with Gasteiger partial charge >= 0.3 is 0 Å². The second kappa shape index (κ2) is 7.95. The molecule has 2 aromatic rings. The molecule has 0 unspecified atom stereocenters. The number of pyridine rings is 1. The Labute approximate surface area is 163 Å². The van der Waals surface area contributed by atoms with Gasteiger partial charge in [-0.05, 0) is 43.7 Å². The van der Waals surface area contributed by atoms with E-state index in [4.69, 9.17) is 10.00 Å². The van der Waals surface area contributed by atoms with Crippen molar-refractivity contribution >= 4 is 5.96 Å². The zero-order valence-electron chi connectivity index (χ0n) is 15.5. The van der Waals surface area contributed by atoms with Crippen molar-refractivity contribution in [3.8, 4) is 18.0 Å². The van der Waals surface area contributed by atoms with Gasteiger partial charge in [0.2, 0.25) is 12.2 Å². The van der Waals surface area contributed by atoms with E-state index in [2.05, 4.69) is 26.7 Å². The second-order valence-electron chi connectivity index (χ2n) is 6.91. The molecule has 0 saturated carbocycles. The van der Waals surface area contributed by atoms with Crippen LogP contribution in [0.2, 0.25) is 0 Å². The van der Waals surface area contributed by atoms with E-state index in [1.165, 1.54) is 0 Å². The van der Waals surface area contributed by atoms with Crippen molar-refractivity contribution in [1.29, 1.82) is 10.5 Å². The van der Waals surface area contributed by atoms with Crippen LogP contribution >= 0.6 is 0 Å². The van der Waals surface area contributed by atoms with Crippen molar-refractivity contribution in [2.24, 2.45) is 4.99 Å². The minimum Gasteiger partial charge on any atom is -0.485 e. The standard InChI is InChI=1S/C20H20N6O2/c1-20(2)18(27)17(15-8-13(9-21)5-6-16(15)28-20)26-19(25-12-22)24-11-14-4-3-7-23-10-14/h3-8,10,17-18,27H,11H2,1-2H3,(H2,24,25,26)/t17-,18+/m0/s1. The van der Waals surface area contributed by atoms with E-state index in [9.17, 15) is 10.4 Å². The van der Waals surface area contributed by atoms with Crippen molar-refractivity contribution in [1.82, 2.24) is 15.6 Å². The van der Waals surface area contributed by atoms with Crippen molar-refractivity contribution in [2.45, 2.75) is 38.1 Å². The Morgan fingerprint density at radius 1 is 1.36 bits per heavy atom. The average molecular weight is 376 g/mol. The Morgan fingerprint density at radius 2 is 2.18 bits per heavy atom. The second-order valence-corrected chi connectivity index (χ2v) is 6.91. The molecule has 0 aliphatic carbocycles. The molecule has 1 aliphatic heterocycles. The first-order chi connectivity index (χ1) is 13.4. The third-order valence-electron chi connectivity index (χ3n) is 4.51. The fraction of sp³-hybridized carbons (Fsp3) is 0.300. The van der Waals surface area contributed by atoms with Crippen LogP contribution in [0.5, 0.6) is 5.75 Å². The predicted molar refractivity (Wildman–Crippen MR) is 102 cm³/mol. The molecule has 8 heteroatoms. The SMILES string of the molecule is CC1(C)Oc2ccc(C#N)cc2[C@H](NC(=NC#N)NCc2cccnc2)[C@H]1O. The molecule has 0 saturated heterocycles. The zero-order valence-corrected chi connectivity index (χ0v) is 15.5. The van der Waals surface area contributed by atoms with Crippen molar-refractivity contribution in [2.75, 3.05) is 0 Å². The van der Waals surface area contributed by atoms with Crippen LogP contribution in [0.25, 0.3) is 0 Å². The summed E-state index contributed by atoms with van der Waals surface area (Å²) in [6.07, 6.45) is 4.19. The number of fused-ring (bicyclic) bond motifs is 1. The number of guanidine groups is 1. The highest BCUT2D eigenvalue weighted by molar-refractivity contribution is 5.81. The number of aliphatic hydroxyl groups is 1. The summed E-state index contributed by atoms with van der Waals surface area (Å²) in [5.74, 6) is 0.775. The average Bonchev–Trinajstić information content (AvgIpc) is 2.70. The fourth-order valence-electron chi connectivity index (χ4n) is 3.03. The quantitative estimate of drug-likeness (QED) is 0.423. The molecule has 1 aromatic carbocycles. The lowest BCUT2D eigenvalue weighted by Crippen LogP contribution is -2.55. The largest absolute Gasteiger partial charge is 0.485 e. The van der Waals surface area contributed by atoms with Crippen LogP contribution in [-0.4, -0.2) is 27.8 Å². The molecule has 2 heterocycles. The van der Waals surface area contributed by atoms with Gasteiger partial charge in [-0.25, -0.2) is 0 Å². The van der Waals surface area contributed by atoms with Crippen LogP contribution in [-0.2, 0) is 6.54 Å². The van der Waals surface area contributed by atoms with Crippen LogP contribution in [0.3, 0.4) is 0 Å². The summed E-state index contributed by atoms with van der Waals surface area (Å²) in [6.45, 7) is 3.95. The Balaban J connectivity index is 1.88.